The number of methoxy groups -OCH3 is 1. The zero-order valence-electron chi connectivity index (χ0n) is 17.5. The maximum atomic E-state index is 13.1. The van der Waals surface area contributed by atoms with Gasteiger partial charge in [0.1, 0.15) is 11.4 Å². The molecular weight excluding hydrogens is 428 g/mol. The molecule has 0 radical (unpaired) electrons. The van der Waals surface area contributed by atoms with Crippen molar-refractivity contribution < 1.29 is 9.53 Å². The van der Waals surface area contributed by atoms with Crippen molar-refractivity contribution in [3.05, 3.63) is 81.7 Å². The predicted octanol–water partition coefficient (Wildman–Crippen LogP) is 3.47. The van der Waals surface area contributed by atoms with Gasteiger partial charge in [-0.15, -0.1) is 0 Å². The van der Waals surface area contributed by atoms with Gasteiger partial charge in [-0.25, -0.2) is 4.98 Å². The molecule has 0 spiro atoms. The van der Waals surface area contributed by atoms with Crippen LogP contribution in [0.15, 0.2) is 65.6 Å². The summed E-state index contributed by atoms with van der Waals surface area (Å²) >= 11 is 6.05. The largest absolute Gasteiger partial charge is 0.497 e. The van der Waals surface area contributed by atoms with Crippen molar-refractivity contribution in [1.29, 1.82) is 0 Å². The lowest BCUT2D eigenvalue weighted by Crippen LogP contribution is -2.48. The molecule has 1 aliphatic rings. The molecule has 1 amide bonds. The molecule has 0 aliphatic carbocycles. The fraction of sp³-hybridized carbons (Fsp3) is 0.208. The molecule has 32 heavy (non-hydrogen) atoms. The maximum absolute atomic E-state index is 13.1. The van der Waals surface area contributed by atoms with Crippen LogP contribution in [0.2, 0.25) is 5.02 Å². The first-order chi connectivity index (χ1) is 15.5. The lowest BCUT2D eigenvalue weighted by Gasteiger charge is -2.36. The third kappa shape index (κ3) is 3.65. The molecule has 0 saturated carbocycles. The Hall–Kier alpha value is -3.58. The van der Waals surface area contributed by atoms with E-state index in [9.17, 15) is 9.59 Å². The van der Waals surface area contributed by atoms with Crippen LogP contribution in [0.4, 0.5) is 5.69 Å². The van der Waals surface area contributed by atoms with E-state index in [1.54, 1.807) is 43.6 Å². The highest BCUT2D eigenvalue weighted by Gasteiger charge is 2.23. The van der Waals surface area contributed by atoms with Gasteiger partial charge in [0, 0.05) is 43.1 Å². The monoisotopic (exact) mass is 448 g/mol. The number of amides is 1. The van der Waals surface area contributed by atoms with E-state index in [0.29, 0.717) is 40.2 Å². The van der Waals surface area contributed by atoms with Gasteiger partial charge in [0.2, 0.25) is 0 Å². The fourth-order valence-electron chi connectivity index (χ4n) is 4.05. The molecule has 2 aromatic heterocycles. The Labute approximate surface area is 189 Å². The molecule has 1 fully saturated rings. The maximum Gasteiger partial charge on any atom is 0.265 e. The number of hydrogen-bond donors (Lipinski definition) is 0. The molecule has 0 N–H and O–H groups in total. The molecule has 1 saturated heterocycles. The fourth-order valence-corrected chi connectivity index (χ4v) is 4.22. The van der Waals surface area contributed by atoms with Crippen LogP contribution in [-0.2, 0) is 0 Å². The Kier molecular flexibility index (Phi) is 5.19. The minimum Gasteiger partial charge on any atom is -0.497 e. The highest BCUT2D eigenvalue weighted by atomic mass is 35.5. The van der Waals surface area contributed by atoms with E-state index in [1.165, 1.54) is 4.40 Å². The summed E-state index contributed by atoms with van der Waals surface area (Å²) in [5, 5.41) is 0.894. The van der Waals surface area contributed by atoms with Gasteiger partial charge in [-0.2, -0.15) is 0 Å². The molecule has 0 atom stereocenters. The zero-order valence-corrected chi connectivity index (χ0v) is 18.2. The van der Waals surface area contributed by atoms with Gasteiger partial charge in [0.15, 0.2) is 0 Å². The molecule has 7 nitrogen and oxygen atoms in total. The molecule has 3 heterocycles. The van der Waals surface area contributed by atoms with E-state index in [-0.39, 0.29) is 11.5 Å². The number of halogens is 1. The van der Waals surface area contributed by atoms with E-state index in [4.69, 9.17) is 16.3 Å². The Morgan fingerprint density at radius 2 is 1.75 bits per heavy atom. The van der Waals surface area contributed by atoms with Gasteiger partial charge in [0.25, 0.3) is 11.5 Å². The topological polar surface area (TPSA) is 67.2 Å². The lowest BCUT2D eigenvalue weighted by molar-refractivity contribution is 0.0746. The number of hydrogen-bond acceptors (Lipinski definition) is 5. The third-order valence-corrected chi connectivity index (χ3v) is 6.06. The van der Waals surface area contributed by atoms with Crippen LogP contribution in [-0.4, -0.2) is 53.5 Å². The first-order valence-electron chi connectivity index (χ1n) is 10.3. The second kappa shape index (κ2) is 8.16. The summed E-state index contributed by atoms with van der Waals surface area (Å²) < 4.78 is 6.63. The predicted molar refractivity (Wildman–Crippen MR) is 125 cm³/mol. The second-order valence-electron chi connectivity index (χ2n) is 7.70. The number of carbonyl (C=O) groups excluding carboxylic acids is 1. The number of rotatable bonds is 3. The smallest absolute Gasteiger partial charge is 0.265 e. The summed E-state index contributed by atoms with van der Waals surface area (Å²) in [6.45, 7) is 2.67. The molecule has 8 heteroatoms. The molecule has 0 unspecified atom stereocenters. The minimum absolute atomic E-state index is 0.0978. The Bertz CT molecular complexity index is 1380. The second-order valence-corrected chi connectivity index (χ2v) is 8.14. The summed E-state index contributed by atoms with van der Waals surface area (Å²) in [5.74, 6) is 0.720. The SMILES string of the molecule is COc1ccc(N2CCN(C(=O)c3ccc4nc5ccc(Cl)cc5c(=O)n4c3)CC2)cc1. The molecule has 4 aromatic rings. The van der Waals surface area contributed by atoms with Gasteiger partial charge in [-0.1, -0.05) is 11.6 Å². The van der Waals surface area contributed by atoms with Crippen LogP contribution in [0.25, 0.3) is 16.6 Å². The van der Waals surface area contributed by atoms with E-state index in [1.807, 2.05) is 29.2 Å². The highest BCUT2D eigenvalue weighted by Crippen LogP contribution is 2.21. The standard InChI is InChI=1S/C24H21ClN4O3/c1-32-19-6-4-18(5-7-19)27-10-12-28(13-11-27)23(30)16-2-9-22-26-21-8-3-17(25)14-20(21)24(31)29(22)15-16/h2-9,14-15H,10-13H2,1H3. The van der Waals surface area contributed by atoms with Crippen LogP contribution >= 0.6 is 11.6 Å². The van der Waals surface area contributed by atoms with Crippen LogP contribution in [0.5, 0.6) is 5.75 Å². The summed E-state index contributed by atoms with van der Waals surface area (Å²) in [6.07, 6.45) is 1.57. The first-order valence-corrected chi connectivity index (χ1v) is 10.7. The summed E-state index contributed by atoms with van der Waals surface area (Å²) in [6, 6.07) is 16.4. The highest BCUT2D eigenvalue weighted by molar-refractivity contribution is 6.31. The number of aromatic nitrogens is 2. The quantitative estimate of drug-likeness (QED) is 0.449. The number of fused-ring (bicyclic) bond motifs is 2. The van der Waals surface area contributed by atoms with Gasteiger partial charge < -0.3 is 14.5 Å². The van der Waals surface area contributed by atoms with Crippen molar-refractivity contribution >= 4 is 39.7 Å². The number of ether oxygens (including phenoxy) is 1. The molecule has 0 bridgehead atoms. The van der Waals surface area contributed by atoms with E-state index in [2.05, 4.69) is 9.88 Å². The van der Waals surface area contributed by atoms with Gasteiger partial charge in [-0.3, -0.25) is 14.0 Å². The molecule has 162 valence electrons. The van der Waals surface area contributed by atoms with Gasteiger partial charge in [0.05, 0.1) is 23.6 Å². The van der Waals surface area contributed by atoms with E-state index >= 15 is 0 Å². The Morgan fingerprint density at radius 3 is 2.47 bits per heavy atom. The molecule has 1 aliphatic heterocycles. The van der Waals surface area contributed by atoms with Crippen LogP contribution < -0.4 is 15.2 Å². The van der Waals surface area contributed by atoms with Gasteiger partial charge >= 0.3 is 0 Å². The number of anilines is 1. The molecular formula is C24H21ClN4O3. The van der Waals surface area contributed by atoms with Crippen molar-refractivity contribution in [3.8, 4) is 5.75 Å². The lowest BCUT2D eigenvalue weighted by atomic mass is 10.2. The van der Waals surface area contributed by atoms with Crippen molar-refractivity contribution in [3.63, 3.8) is 0 Å². The molecule has 2 aromatic carbocycles. The number of pyridine rings is 1. The number of piperazine rings is 1. The number of nitrogens with zero attached hydrogens (tertiary/aromatic N) is 4. The average Bonchev–Trinajstić information content (AvgIpc) is 2.84. The van der Waals surface area contributed by atoms with Crippen LogP contribution in [0.3, 0.4) is 0 Å². The Balaban J connectivity index is 1.37. The minimum atomic E-state index is -0.244. The zero-order chi connectivity index (χ0) is 22.2. The average molecular weight is 449 g/mol. The third-order valence-electron chi connectivity index (χ3n) is 5.82. The van der Waals surface area contributed by atoms with Crippen molar-refractivity contribution in [2.24, 2.45) is 0 Å². The van der Waals surface area contributed by atoms with Crippen molar-refractivity contribution in [2.45, 2.75) is 0 Å². The summed E-state index contributed by atoms with van der Waals surface area (Å²) in [7, 11) is 1.65. The number of carbonyl (C=O) groups is 1. The first kappa shape index (κ1) is 20.3. The molecule has 5 rings (SSSR count). The summed E-state index contributed by atoms with van der Waals surface area (Å²) in [5.41, 5.74) is 2.39. The van der Waals surface area contributed by atoms with Crippen LogP contribution in [0.1, 0.15) is 10.4 Å². The van der Waals surface area contributed by atoms with E-state index < -0.39 is 0 Å². The number of benzene rings is 2. The normalized spacial score (nSPS) is 14.2. The van der Waals surface area contributed by atoms with Gasteiger partial charge in [-0.05, 0) is 54.6 Å². The van der Waals surface area contributed by atoms with Crippen LogP contribution in [0, 0.1) is 0 Å². The van der Waals surface area contributed by atoms with Crippen molar-refractivity contribution in [1.82, 2.24) is 14.3 Å². The Morgan fingerprint density at radius 1 is 1.00 bits per heavy atom. The van der Waals surface area contributed by atoms with E-state index in [0.717, 1.165) is 24.5 Å². The summed E-state index contributed by atoms with van der Waals surface area (Å²) in [4.78, 5) is 34.7. The van der Waals surface area contributed by atoms with Crippen molar-refractivity contribution in [2.75, 3.05) is 38.2 Å².